The van der Waals surface area contributed by atoms with E-state index >= 15 is 0 Å². The first-order valence-electron chi connectivity index (χ1n) is 7.12. The third-order valence-corrected chi connectivity index (χ3v) is 4.27. The van der Waals surface area contributed by atoms with E-state index in [1.807, 2.05) is 30.5 Å². The van der Waals surface area contributed by atoms with Gasteiger partial charge in [-0.3, -0.25) is 9.69 Å². The van der Waals surface area contributed by atoms with Crippen molar-refractivity contribution in [2.75, 3.05) is 11.4 Å². The standard InChI is InChI=1S/C16H21N3OS/c1-4-19(13(3)20)16-18-15(11-21-16)10-17-12(2)14-8-6-5-7-9-14/h5-9,11-12,17H,4,10H2,1-3H3. The largest absolute Gasteiger partial charge is 0.305 e. The molecule has 4 nitrogen and oxygen atoms in total. The smallest absolute Gasteiger partial charge is 0.225 e. The number of benzene rings is 1. The number of anilines is 1. The van der Waals surface area contributed by atoms with Gasteiger partial charge in [-0.25, -0.2) is 4.98 Å². The van der Waals surface area contributed by atoms with Crippen molar-refractivity contribution in [2.24, 2.45) is 0 Å². The first-order valence-corrected chi connectivity index (χ1v) is 8.00. The zero-order chi connectivity index (χ0) is 15.2. The molecule has 1 atom stereocenters. The molecular weight excluding hydrogens is 282 g/mol. The molecule has 2 rings (SSSR count). The van der Waals surface area contributed by atoms with Crippen molar-refractivity contribution < 1.29 is 4.79 Å². The fourth-order valence-electron chi connectivity index (χ4n) is 2.11. The summed E-state index contributed by atoms with van der Waals surface area (Å²) in [5.41, 5.74) is 2.23. The number of carbonyl (C=O) groups excluding carboxylic acids is 1. The van der Waals surface area contributed by atoms with Gasteiger partial charge in [0, 0.05) is 31.4 Å². The molecule has 0 saturated heterocycles. The number of hydrogen-bond donors (Lipinski definition) is 1. The van der Waals surface area contributed by atoms with Crippen molar-refractivity contribution in [2.45, 2.75) is 33.4 Å². The average molecular weight is 303 g/mol. The molecule has 1 heterocycles. The van der Waals surface area contributed by atoms with Crippen LogP contribution in [0.15, 0.2) is 35.7 Å². The molecular formula is C16H21N3OS. The van der Waals surface area contributed by atoms with E-state index in [0.717, 1.165) is 10.8 Å². The second-order valence-corrected chi connectivity index (χ2v) is 5.73. The van der Waals surface area contributed by atoms with E-state index in [9.17, 15) is 4.79 Å². The fraction of sp³-hybridized carbons (Fsp3) is 0.375. The lowest BCUT2D eigenvalue weighted by Crippen LogP contribution is -2.27. The van der Waals surface area contributed by atoms with Crippen LogP contribution in [0.4, 0.5) is 5.13 Å². The summed E-state index contributed by atoms with van der Waals surface area (Å²) in [4.78, 5) is 17.7. The average Bonchev–Trinajstić information content (AvgIpc) is 2.94. The van der Waals surface area contributed by atoms with E-state index in [0.29, 0.717) is 13.1 Å². The molecule has 1 N–H and O–H groups in total. The monoisotopic (exact) mass is 303 g/mol. The minimum Gasteiger partial charge on any atom is -0.305 e. The Morgan fingerprint density at radius 2 is 2.10 bits per heavy atom. The molecule has 1 aromatic heterocycles. The van der Waals surface area contributed by atoms with Crippen LogP contribution in [-0.4, -0.2) is 17.4 Å². The number of amides is 1. The summed E-state index contributed by atoms with van der Waals surface area (Å²) in [6.07, 6.45) is 0. The quantitative estimate of drug-likeness (QED) is 0.890. The van der Waals surface area contributed by atoms with Crippen molar-refractivity contribution in [3.8, 4) is 0 Å². The Labute approximate surface area is 129 Å². The highest BCUT2D eigenvalue weighted by atomic mass is 32.1. The van der Waals surface area contributed by atoms with Gasteiger partial charge >= 0.3 is 0 Å². The van der Waals surface area contributed by atoms with E-state index in [2.05, 4.69) is 29.4 Å². The summed E-state index contributed by atoms with van der Waals surface area (Å²) in [6.45, 7) is 7.01. The molecule has 0 radical (unpaired) electrons. The minimum atomic E-state index is 0.0315. The highest BCUT2D eigenvalue weighted by Gasteiger charge is 2.13. The second kappa shape index (κ2) is 7.33. The van der Waals surface area contributed by atoms with Gasteiger partial charge in [-0.2, -0.15) is 0 Å². The van der Waals surface area contributed by atoms with Crippen LogP contribution in [0.25, 0.3) is 0 Å². The Balaban J connectivity index is 1.95. The topological polar surface area (TPSA) is 45.2 Å². The molecule has 1 aromatic carbocycles. The summed E-state index contributed by atoms with van der Waals surface area (Å²) in [6, 6.07) is 10.6. The normalized spacial score (nSPS) is 12.1. The van der Waals surface area contributed by atoms with Crippen LogP contribution in [0, 0.1) is 0 Å². The van der Waals surface area contributed by atoms with Crippen LogP contribution in [-0.2, 0) is 11.3 Å². The Morgan fingerprint density at radius 3 is 2.71 bits per heavy atom. The van der Waals surface area contributed by atoms with Gasteiger partial charge in [-0.1, -0.05) is 30.3 Å². The molecule has 0 fully saturated rings. The van der Waals surface area contributed by atoms with Crippen molar-refractivity contribution in [3.05, 3.63) is 47.0 Å². The van der Waals surface area contributed by atoms with Crippen LogP contribution in [0.3, 0.4) is 0 Å². The van der Waals surface area contributed by atoms with E-state index in [-0.39, 0.29) is 11.9 Å². The molecule has 0 aliphatic carbocycles. The molecule has 0 aliphatic rings. The van der Waals surface area contributed by atoms with Crippen molar-refractivity contribution in [1.82, 2.24) is 10.3 Å². The maximum atomic E-state index is 11.5. The molecule has 0 bridgehead atoms. The third kappa shape index (κ3) is 4.12. The molecule has 5 heteroatoms. The maximum absolute atomic E-state index is 11.5. The van der Waals surface area contributed by atoms with Crippen LogP contribution in [0.5, 0.6) is 0 Å². The van der Waals surface area contributed by atoms with Crippen LogP contribution in [0.1, 0.15) is 38.1 Å². The third-order valence-electron chi connectivity index (χ3n) is 3.36. The SMILES string of the molecule is CCN(C(C)=O)c1nc(CNC(C)c2ccccc2)cs1. The highest BCUT2D eigenvalue weighted by Crippen LogP contribution is 2.21. The first kappa shape index (κ1) is 15.7. The Kier molecular flexibility index (Phi) is 5.47. The van der Waals surface area contributed by atoms with Gasteiger partial charge in [0.1, 0.15) is 0 Å². The molecule has 0 spiro atoms. The molecule has 21 heavy (non-hydrogen) atoms. The van der Waals surface area contributed by atoms with Gasteiger partial charge in [0.2, 0.25) is 5.91 Å². The second-order valence-electron chi connectivity index (χ2n) is 4.90. The predicted molar refractivity (Wildman–Crippen MR) is 87.5 cm³/mol. The van der Waals surface area contributed by atoms with Crippen molar-refractivity contribution in [3.63, 3.8) is 0 Å². The lowest BCUT2D eigenvalue weighted by molar-refractivity contribution is -0.116. The number of hydrogen-bond acceptors (Lipinski definition) is 4. The minimum absolute atomic E-state index is 0.0315. The predicted octanol–water partition coefficient (Wildman–Crippen LogP) is 3.37. The fourth-order valence-corrected chi connectivity index (χ4v) is 3.04. The molecule has 1 amide bonds. The van der Waals surface area contributed by atoms with Crippen molar-refractivity contribution in [1.29, 1.82) is 0 Å². The van der Waals surface area contributed by atoms with Crippen LogP contribution in [0.2, 0.25) is 0 Å². The van der Waals surface area contributed by atoms with E-state index < -0.39 is 0 Å². The lowest BCUT2D eigenvalue weighted by Gasteiger charge is -2.15. The number of rotatable bonds is 6. The highest BCUT2D eigenvalue weighted by molar-refractivity contribution is 7.14. The zero-order valence-electron chi connectivity index (χ0n) is 12.7. The Morgan fingerprint density at radius 1 is 1.38 bits per heavy atom. The number of nitrogens with zero attached hydrogens (tertiary/aromatic N) is 2. The van der Waals surface area contributed by atoms with Gasteiger partial charge in [0.15, 0.2) is 5.13 Å². The lowest BCUT2D eigenvalue weighted by atomic mass is 10.1. The van der Waals surface area contributed by atoms with E-state index in [1.54, 1.807) is 11.8 Å². The van der Waals surface area contributed by atoms with Gasteiger partial charge in [-0.15, -0.1) is 11.3 Å². The molecule has 1 unspecified atom stereocenters. The molecule has 0 saturated carbocycles. The Bertz CT molecular complexity index is 582. The van der Waals surface area contributed by atoms with Crippen LogP contribution < -0.4 is 10.2 Å². The van der Waals surface area contributed by atoms with Gasteiger partial charge < -0.3 is 5.32 Å². The van der Waals surface area contributed by atoms with Gasteiger partial charge in [0.05, 0.1) is 5.69 Å². The molecule has 2 aromatic rings. The van der Waals surface area contributed by atoms with E-state index in [1.165, 1.54) is 16.9 Å². The summed E-state index contributed by atoms with van der Waals surface area (Å²) < 4.78 is 0. The number of aromatic nitrogens is 1. The summed E-state index contributed by atoms with van der Waals surface area (Å²) in [5.74, 6) is 0.0315. The first-order chi connectivity index (χ1) is 10.1. The number of thiazole rings is 1. The number of carbonyl (C=O) groups is 1. The zero-order valence-corrected chi connectivity index (χ0v) is 13.5. The van der Waals surface area contributed by atoms with Gasteiger partial charge in [0.25, 0.3) is 0 Å². The molecule has 0 aliphatic heterocycles. The number of nitrogens with one attached hydrogen (secondary N) is 1. The Hall–Kier alpha value is -1.72. The van der Waals surface area contributed by atoms with Gasteiger partial charge in [-0.05, 0) is 19.4 Å². The summed E-state index contributed by atoms with van der Waals surface area (Å²) in [7, 11) is 0. The molecule has 112 valence electrons. The summed E-state index contributed by atoms with van der Waals surface area (Å²) in [5, 5.41) is 6.23. The van der Waals surface area contributed by atoms with Crippen LogP contribution >= 0.6 is 11.3 Å². The maximum Gasteiger partial charge on any atom is 0.225 e. The van der Waals surface area contributed by atoms with E-state index in [4.69, 9.17) is 0 Å². The summed E-state index contributed by atoms with van der Waals surface area (Å²) >= 11 is 1.51. The van der Waals surface area contributed by atoms with Crippen molar-refractivity contribution >= 4 is 22.4 Å².